The van der Waals surface area contributed by atoms with Crippen molar-refractivity contribution in [2.24, 2.45) is 11.8 Å². The van der Waals surface area contributed by atoms with E-state index in [1.54, 1.807) is 0 Å². The largest absolute Gasteiger partial charge is 0.251 e. The molecule has 1 aliphatic rings. The van der Waals surface area contributed by atoms with Crippen molar-refractivity contribution in [1.82, 2.24) is 0 Å². The van der Waals surface area contributed by atoms with Crippen LogP contribution in [-0.2, 0) is 0 Å². The van der Waals surface area contributed by atoms with E-state index < -0.39 is 34.4 Å². The summed E-state index contributed by atoms with van der Waals surface area (Å²) >= 11 is 11.5. The molecular formula is C10H14Cl2F4. The molecule has 0 aromatic carbocycles. The Morgan fingerprint density at radius 2 is 1.25 bits per heavy atom. The molecule has 0 aliphatic heterocycles. The summed E-state index contributed by atoms with van der Waals surface area (Å²) in [5.74, 6) is -8.22. The zero-order chi connectivity index (χ0) is 12.7. The van der Waals surface area contributed by atoms with E-state index in [4.69, 9.17) is 23.2 Å². The first-order valence-electron chi connectivity index (χ1n) is 5.07. The fourth-order valence-corrected chi connectivity index (χ4v) is 3.51. The summed E-state index contributed by atoms with van der Waals surface area (Å²) in [5, 5.41) is -2.01. The zero-order valence-corrected chi connectivity index (χ0v) is 10.5. The molecule has 96 valence electrons. The van der Waals surface area contributed by atoms with Gasteiger partial charge in [-0.1, -0.05) is 0 Å². The summed E-state index contributed by atoms with van der Waals surface area (Å²) < 4.78 is 52.5. The highest BCUT2D eigenvalue weighted by molar-refractivity contribution is 6.24. The summed E-state index contributed by atoms with van der Waals surface area (Å²) in [6.45, 7) is 1.50. The van der Waals surface area contributed by atoms with Crippen molar-refractivity contribution in [2.75, 3.05) is 0 Å². The second-order valence-electron chi connectivity index (χ2n) is 4.64. The Morgan fingerprint density at radius 3 is 1.50 bits per heavy atom. The second kappa shape index (κ2) is 4.52. The number of hydrogen-bond donors (Lipinski definition) is 0. The SMILES string of the molecule is CC(F)(F)C1CC(Cl)C(C(C)(F)F)C(Cl)C1. The van der Waals surface area contributed by atoms with E-state index >= 15 is 0 Å². The fraction of sp³-hybridized carbons (Fsp3) is 1.00. The lowest BCUT2D eigenvalue weighted by atomic mass is 9.76. The smallest absolute Gasteiger partial charge is 0.207 e. The van der Waals surface area contributed by atoms with E-state index in [-0.39, 0.29) is 12.8 Å². The topological polar surface area (TPSA) is 0 Å². The average molecular weight is 281 g/mol. The molecule has 0 heterocycles. The van der Waals surface area contributed by atoms with Gasteiger partial charge >= 0.3 is 0 Å². The molecule has 0 aromatic rings. The van der Waals surface area contributed by atoms with Crippen LogP contribution in [-0.4, -0.2) is 22.6 Å². The van der Waals surface area contributed by atoms with E-state index in [1.165, 1.54) is 0 Å². The molecule has 1 saturated carbocycles. The van der Waals surface area contributed by atoms with Gasteiger partial charge in [-0.3, -0.25) is 0 Å². The highest BCUT2D eigenvalue weighted by Crippen LogP contribution is 2.47. The number of halogens is 6. The standard InChI is InChI=1S/C10H14Cl2F4/c1-9(13,14)5-3-6(11)8(7(12)4-5)10(2,15)16/h5-8H,3-4H2,1-2H3. The highest BCUT2D eigenvalue weighted by atomic mass is 35.5. The van der Waals surface area contributed by atoms with Crippen molar-refractivity contribution in [2.45, 2.75) is 49.3 Å². The molecule has 0 radical (unpaired) electrons. The Morgan fingerprint density at radius 1 is 0.875 bits per heavy atom. The maximum absolute atomic E-state index is 13.2. The third-order valence-corrected chi connectivity index (χ3v) is 4.00. The third kappa shape index (κ3) is 3.16. The minimum Gasteiger partial charge on any atom is -0.207 e. The van der Waals surface area contributed by atoms with E-state index in [0.29, 0.717) is 0 Å². The van der Waals surface area contributed by atoms with Crippen LogP contribution in [0.2, 0.25) is 0 Å². The fourth-order valence-electron chi connectivity index (χ4n) is 2.21. The van der Waals surface area contributed by atoms with E-state index in [9.17, 15) is 17.6 Å². The molecule has 1 rings (SSSR count). The summed E-state index contributed by atoms with van der Waals surface area (Å²) in [7, 11) is 0. The number of alkyl halides is 6. The van der Waals surface area contributed by atoms with Crippen LogP contribution in [0.3, 0.4) is 0 Å². The van der Waals surface area contributed by atoms with Crippen molar-refractivity contribution in [3.63, 3.8) is 0 Å². The van der Waals surface area contributed by atoms with Crippen molar-refractivity contribution < 1.29 is 17.6 Å². The van der Waals surface area contributed by atoms with Gasteiger partial charge in [-0.2, -0.15) is 0 Å². The predicted octanol–water partition coefficient (Wildman–Crippen LogP) is 4.54. The molecule has 0 bridgehead atoms. The summed E-state index contributed by atoms with van der Waals surface area (Å²) in [5.41, 5.74) is 0. The second-order valence-corrected chi connectivity index (χ2v) is 5.76. The normalized spacial score (nSPS) is 37.5. The Labute approximate surface area is 102 Å². The van der Waals surface area contributed by atoms with Gasteiger partial charge in [0.25, 0.3) is 5.92 Å². The monoisotopic (exact) mass is 280 g/mol. The van der Waals surface area contributed by atoms with Crippen LogP contribution in [0.5, 0.6) is 0 Å². The summed E-state index contributed by atoms with van der Waals surface area (Å²) in [6, 6.07) is 0. The molecule has 0 aromatic heterocycles. The van der Waals surface area contributed by atoms with Crippen molar-refractivity contribution in [3.05, 3.63) is 0 Å². The molecule has 0 saturated heterocycles. The molecule has 0 spiro atoms. The predicted molar refractivity (Wildman–Crippen MR) is 56.7 cm³/mol. The van der Waals surface area contributed by atoms with Crippen LogP contribution in [0.15, 0.2) is 0 Å². The quantitative estimate of drug-likeness (QED) is 0.515. The van der Waals surface area contributed by atoms with Crippen LogP contribution in [0.4, 0.5) is 17.6 Å². The van der Waals surface area contributed by atoms with Gasteiger partial charge in [0.1, 0.15) is 0 Å². The van der Waals surface area contributed by atoms with Gasteiger partial charge in [0.2, 0.25) is 5.92 Å². The molecule has 0 amide bonds. The van der Waals surface area contributed by atoms with Gasteiger partial charge in [0, 0.05) is 16.7 Å². The molecule has 2 atom stereocenters. The third-order valence-electron chi connectivity index (χ3n) is 3.10. The molecule has 16 heavy (non-hydrogen) atoms. The van der Waals surface area contributed by atoms with Gasteiger partial charge < -0.3 is 0 Å². The first-order chi connectivity index (χ1) is 7.03. The van der Waals surface area contributed by atoms with Crippen molar-refractivity contribution in [1.29, 1.82) is 0 Å². The maximum Gasteiger partial charge on any atom is 0.251 e. The van der Waals surface area contributed by atoms with Crippen molar-refractivity contribution >= 4 is 23.2 Å². The lowest BCUT2D eigenvalue weighted by Crippen LogP contribution is -2.47. The number of hydrogen-bond acceptors (Lipinski definition) is 0. The highest BCUT2D eigenvalue weighted by Gasteiger charge is 2.51. The Kier molecular flexibility index (Phi) is 4.06. The maximum atomic E-state index is 13.2. The summed E-state index contributed by atoms with van der Waals surface area (Å²) in [6.07, 6.45) is -0.245. The van der Waals surface area contributed by atoms with Gasteiger partial charge in [-0.05, 0) is 26.7 Å². The van der Waals surface area contributed by atoms with Crippen LogP contribution in [0.25, 0.3) is 0 Å². The lowest BCUT2D eigenvalue weighted by molar-refractivity contribution is -0.0914. The number of rotatable bonds is 2. The molecule has 1 aliphatic carbocycles. The van der Waals surface area contributed by atoms with Crippen LogP contribution in [0.1, 0.15) is 26.7 Å². The summed E-state index contributed by atoms with van der Waals surface area (Å²) in [4.78, 5) is 0. The molecule has 2 unspecified atom stereocenters. The van der Waals surface area contributed by atoms with Crippen molar-refractivity contribution in [3.8, 4) is 0 Å². The van der Waals surface area contributed by atoms with Crippen LogP contribution >= 0.6 is 23.2 Å². The molecule has 1 fully saturated rings. The Balaban J connectivity index is 2.80. The van der Waals surface area contributed by atoms with E-state index in [2.05, 4.69) is 0 Å². The minimum atomic E-state index is -3.03. The van der Waals surface area contributed by atoms with Crippen LogP contribution < -0.4 is 0 Å². The van der Waals surface area contributed by atoms with Gasteiger partial charge in [-0.25, -0.2) is 17.6 Å². The molecule has 0 N–H and O–H groups in total. The molecular weight excluding hydrogens is 267 g/mol. The van der Waals surface area contributed by atoms with E-state index in [1.807, 2.05) is 0 Å². The van der Waals surface area contributed by atoms with Gasteiger partial charge in [0.05, 0.1) is 5.92 Å². The Hall–Kier alpha value is 0.300. The lowest BCUT2D eigenvalue weighted by Gasteiger charge is -2.40. The first kappa shape index (κ1) is 14.4. The van der Waals surface area contributed by atoms with E-state index in [0.717, 1.165) is 13.8 Å². The molecule has 0 nitrogen and oxygen atoms in total. The zero-order valence-electron chi connectivity index (χ0n) is 8.99. The van der Waals surface area contributed by atoms with Gasteiger partial charge in [0.15, 0.2) is 0 Å². The molecule has 6 heteroatoms. The first-order valence-corrected chi connectivity index (χ1v) is 5.94. The Bertz CT molecular complexity index is 234. The minimum absolute atomic E-state index is 0.123. The van der Waals surface area contributed by atoms with Crippen LogP contribution in [0, 0.1) is 11.8 Å². The average Bonchev–Trinajstić information content (AvgIpc) is 1.97. The van der Waals surface area contributed by atoms with Gasteiger partial charge in [-0.15, -0.1) is 23.2 Å².